The second-order valence-corrected chi connectivity index (χ2v) is 2.31. The molecule has 0 fully saturated rings. The highest BCUT2D eigenvalue weighted by molar-refractivity contribution is 5.45. The van der Waals surface area contributed by atoms with E-state index in [1.54, 1.807) is 6.20 Å². The molecule has 0 aliphatic rings. The Hall–Kier alpha value is -1.31. The molecule has 0 aliphatic carbocycles. The topological polar surface area (TPSA) is 17.8 Å². The van der Waals surface area contributed by atoms with Crippen molar-refractivity contribution in [3.63, 3.8) is 0 Å². The zero-order valence-electron chi connectivity index (χ0n) is 6.91. The Morgan fingerprint density at radius 3 is 2.91 bits per heavy atom. The van der Waals surface area contributed by atoms with E-state index in [2.05, 4.69) is 11.6 Å². The molecule has 0 spiro atoms. The number of rotatable bonds is 2. The minimum Gasteiger partial charge on any atom is -0.305 e. The van der Waals surface area contributed by atoms with Crippen molar-refractivity contribution in [1.29, 1.82) is 0 Å². The maximum absolute atomic E-state index is 4.18. The van der Waals surface area contributed by atoms with Gasteiger partial charge >= 0.3 is 0 Å². The van der Waals surface area contributed by atoms with Crippen LogP contribution in [-0.4, -0.2) is 9.55 Å². The maximum atomic E-state index is 4.18. The minimum absolute atomic E-state index is 0.931. The Labute approximate surface area is 66.9 Å². The van der Waals surface area contributed by atoms with Gasteiger partial charge in [0.15, 0.2) is 0 Å². The lowest BCUT2D eigenvalue weighted by molar-refractivity contribution is 1.05. The van der Waals surface area contributed by atoms with E-state index in [-0.39, 0.29) is 0 Å². The van der Waals surface area contributed by atoms with Crippen molar-refractivity contribution in [1.82, 2.24) is 9.55 Å². The van der Waals surface area contributed by atoms with Crippen LogP contribution in [-0.2, 0) is 0 Å². The molecular weight excluding hydrogens is 136 g/mol. The molecule has 1 heterocycles. The number of imidazole rings is 1. The molecule has 0 atom stereocenters. The molecular formula is C9H12N2. The maximum Gasteiger partial charge on any atom is 0.136 e. The molecule has 0 aliphatic heterocycles. The molecule has 0 saturated heterocycles. The van der Waals surface area contributed by atoms with Gasteiger partial charge < -0.3 is 4.57 Å². The van der Waals surface area contributed by atoms with Crippen LogP contribution >= 0.6 is 0 Å². The molecule has 2 nitrogen and oxygen atoms in total. The molecule has 0 bridgehead atoms. The van der Waals surface area contributed by atoms with Crippen LogP contribution in [0.5, 0.6) is 0 Å². The molecule has 0 amide bonds. The van der Waals surface area contributed by atoms with E-state index in [1.165, 1.54) is 0 Å². The summed E-state index contributed by atoms with van der Waals surface area (Å²) in [7, 11) is 0. The molecule has 0 aromatic carbocycles. The van der Waals surface area contributed by atoms with Gasteiger partial charge in [0.25, 0.3) is 0 Å². The van der Waals surface area contributed by atoms with Crippen molar-refractivity contribution in [3.05, 3.63) is 30.4 Å². The van der Waals surface area contributed by atoms with E-state index in [1.807, 2.05) is 36.8 Å². The molecule has 0 N–H and O–H groups in total. The first-order valence-electron chi connectivity index (χ1n) is 3.58. The van der Waals surface area contributed by atoms with E-state index in [0.29, 0.717) is 0 Å². The lowest BCUT2D eigenvalue weighted by atomic mass is 10.5. The van der Waals surface area contributed by atoms with Crippen LogP contribution in [0, 0.1) is 6.92 Å². The Morgan fingerprint density at radius 2 is 2.36 bits per heavy atom. The number of hydrogen-bond donors (Lipinski definition) is 0. The largest absolute Gasteiger partial charge is 0.305 e. The zero-order chi connectivity index (χ0) is 8.27. The summed E-state index contributed by atoms with van der Waals surface area (Å²) in [5.41, 5.74) is 1.10. The van der Waals surface area contributed by atoms with Gasteiger partial charge in [0.2, 0.25) is 0 Å². The number of nitrogens with zero attached hydrogens (tertiary/aromatic N) is 2. The van der Waals surface area contributed by atoms with Gasteiger partial charge in [-0.1, -0.05) is 12.7 Å². The van der Waals surface area contributed by atoms with Crippen LogP contribution in [0.25, 0.3) is 12.3 Å². The normalized spacial score (nSPS) is 10.7. The van der Waals surface area contributed by atoms with Gasteiger partial charge in [-0.15, -0.1) is 0 Å². The average molecular weight is 148 g/mol. The fourth-order valence-electron chi connectivity index (χ4n) is 0.975. The van der Waals surface area contributed by atoms with Crippen LogP contribution in [0.3, 0.4) is 0 Å². The predicted molar refractivity (Wildman–Crippen MR) is 48.1 cm³/mol. The Kier molecular flexibility index (Phi) is 2.26. The van der Waals surface area contributed by atoms with Gasteiger partial charge in [0.05, 0.1) is 0 Å². The number of allylic oxidation sites excluding steroid dienone is 1. The van der Waals surface area contributed by atoms with Crippen molar-refractivity contribution in [3.8, 4) is 0 Å². The van der Waals surface area contributed by atoms with Crippen LogP contribution < -0.4 is 0 Å². The van der Waals surface area contributed by atoms with Crippen molar-refractivity contribution >= 4 is 12.3 Å². The summed E-state index contributed by atoms with van der Waals surface area (Å²) in [5, 5.41) is 0. The monoisotopic (exact) mass is 148 g/mol. The summed E-state index contributed by atoms with van der Waals surface area (Å²) in [6.07, 6.45) is 7.51. The highest BCUT2D eigenvalue weighted by Crippen LogP contribution is 2.05. The smallest absolute Gasteiger partial charge is 0.136 e. The third-order valence-electron chi connectivity index (χ3n) is 1.51. The van der Waals surface area contributed by atoms with Gasteiger partial charge in [0, 0.05) is 18.1 Å². The first-order valence-corrected chi connectivity index (χ1v) is 3.58. The van der Waals surface area contributed by atoms with Gasteiger partial charge in [0.1, 0.15) is 5.82 Å². The highest BCUT2D eigenvalue weighted by Gasteiger charge is 1.97. The summed E-state index contributed by atoms with van der Waals surface area (Å²) in [5.74, 6) is 0.931. The fourth-order valence-corrected chi connectivity index (χ4v) is 0.975. The standard InChI is InChI=1S/C9H12N2/c1-4-6-9-10-7-8(3)11(9)5-2/h4-7H,2H2,1,3H3/b6-4-. The van der Waals surface area contributed by atoms with Gasteiger partial charge in [-0.3, -0.25) is 0 Å². The first kappa shape index (κ1) is 7.79. The van der Waals surface area contributed by atoms with Crippen molar-refractivity contribution < 1.29 is 0 Å². The van der Waals surface area contributed by atoms with Crippen LogP contribution in [0.2, 0.25) is 0 Å². The van der Waals surface area contributed by atoms with Gasteiger partial charge in [-0.25, -0.2) is 4.98 Å². The van der Waals surface area contributed by atoms with E-state index < -0.39 is 0 Å². The van der Waals surface area contributed by atoms with E-state index in [9.17, 15) is 0 Å². The molecule has 0 saturated carbocycles. The Bertz CT molecular complexity index is 282. The Balaban J connectivity index is 3.15. The second-order valence-electron chi connectivity index (χ2n) is 2.31. The summed E-state index contributed by atoms with van der Waals surface area (Å²) in [6.45, 7) is 7.67. The first-order chi connectivity index (χ1) is 5.29. The lowest BCUT2D eigenvalue weighted by Gasteiger charge is -1.97. The Morgan fingerprint density at radius 1 is 1.64 bits per heavy atom. The summed E-state index contributed by atoms with van der Waals surface area (Å²) in [4.78, 5) is 4.18. The van der Waals surface area contributed by atoms with Crippen molar-refractivity contribution in [2.24, 2.45) is 0 Å². The lowest BCUT2D eigenvalue weighted by Crippen LogP contribution is -1.90. The molecule has 1 rings (SSSR count). The fraction of sp³-hybridized carbons (Fsp3) is 0.222. The summed E-state index contributed by atoms with van der Waals surface area (Å²) < 4.78 is 1.94. The highest BCUT2D eigenvalue weighted by atomic mass is 15.1. The summed E-state index contributed by atoms with van der Waals surface area (Å²) in [6, 6.07) is 0. The van der Waals surface area contributed by atoms with Crippen LogP contribution in [0.4, 0.5) is 0 Å². The second kappa shape index (κ2) is 3.19. The molecule has 1 aromatic heterocycles. The number of aryl methyl sites for hydroxylation is 1. The van der Waals surface area contributed by atoms with Crippen molar-refractivity contribution in [2.45, 2.75) is 13.8 Å². The third kappa shape index (κ3) is 1.40. The van der Waals surface area contributed by atoms with Crippen molar-refractivity contribution in [2.75, 3.05) is 0 Å². The molecule has 11 heavy (non-hydrogen) atoms. The average Bonchev–Trinajstić information content (AvgIpc) is 2.33. The number of hydrogen-bond acceptors (Lipinski definition) is 1. The molecule has 2 heteroatoms. The van der Waals surface area contributed by atoms with Gasteiger partial charge in [-0.2, -0.15) is 0 Å². The number of aromatic nitrogens is 2. The molecule has 0 unspecified atom stereocenters. The zero-order valence-corrected chi connectivity index (χ0v) is 6.91. The molecule has 1 aromatic rings. The molecule has 58 valence electrons. The minimum atomic E-state index is 0.931. The molecule has 0 radical (unpaired) electrons. The SMILES string of the molecule is C=Cn1c(C)cnc1/C=C\C. The quantitative estimate of drug-likeness (QED) is 0.629. The predicted octanol–water partition coefficient (Wildman–Crippen LogP) is 2.33. The third-order valence-corrected chi connectivity index (χ3v) is 1.51. The summed E-state index contributed by atoms with van der Waals surface area (Å²) >= 11 is 0. The van der Waals surface area contributed by atoms with Crippen LogP contribution in [0.1, 0.15) is 18.4 Å². The van der Waals surface area contributed by atoms with Gasteiger partial charge in [-0.05, 0) is 19.9 Å². The van der Waals surface area contributed by atoms with E-state index in [4.69, 9.17) is 0 Å². The van der Waals surface area contributed by atoms with E-state index >= 15 is 0 Å². The van der Waals surface area contributed by atoms with Crippen LogP contribution in [0.15, 0.2) is 18.9 Å². The van der Waals surface area contributed by atoms with E-state index in [0.717, 1.165) is 11.5 Å².